The molecule has 0 bridgehead atoms. The molecule has 0 unspecified atom stereocenters. The van der Waals surface area contributed by atoms with Crippen LogP contribution in [0, 0.1) is 10.1 Å². The second-order valence-electron chi connectivity index (χ2n) is 5.58. The summed E-state index contributed by atoms with van der Waals surface area (Å²) in [5.74, 6) is -0.296. The van der Waals surface area contributed by atoms with Crippen LogP contribution in [0.5, 0.6) is 0 Å². The molecular formula is C16H21N5O3S. The van der Waals surface area contributed by atoms with E-state index in [1.165, 1.54) is 12.4 Å². The van der Waals surface area contributed by atoms with Crippen LogP contribution in [0.3, 0.4) is 0 Å². The smallest absolute Gasteiger partial charge is 0.284 e. The first-order valence-electron chi connectivity index (χ1n) is 8.11. The summed E-state index contributed by atoms with van der Waals surface area (Å²) in [7, 11) is 1.76. The van der Waals surface area contributed by atoms with Crippen LogP contribution in [-0.2, 0) is 7.05 Å². The Hall–Kier alpha value is -2.42. The van der Waals surface area contributed by atoms with Crippen molar-refractivity contribution in [2.45, 2.75) is 42.7 Å². The van der Waals surface area contributed by atoms with E-state index in [1.54, 1.807) is 23.7 Å². The monoisotopic (exact) mass is 363 g/mol. The normalized spacial score (nSPS) is 10.6. The molecule has 1 aromatic carbocycles. The largest absolute Gasteiger partial charge is 0.352 e. The third-order valence-electron chi connectivity index (χ3n) is 3.60. The van der Waals surface area contributed by atoms with Crippen molar-refractivity contribution >= 4 is 23.4 Å². The number of carbonyl (C=O) groups excluding carboxylic acids is 1. The molecule has 1 heterocycles. The Balaban J connectivity index is 2.08. The highest BCUT2D eigenvalue weighted by molar-refractivity contribution is 7.99. The molecule has 1 N–H and O–H groups in total. The first-order chi connectivity index (χ1) is 12.0. The fourth-order valence-electron chi connectivity index (χ4n) is 2.21. The van der Waals surface area contributed by atoms with Gasteiger partial charge in [-0.15, -0.1) is 10.2 Å². The Labute approximate surface area is 150 Å². The highest BCUT2D eigenvalue weighted by atomic mass is 32.2. The molecule has 0 saturated heterocycles. The van der Waals surface area contributed by atoms with Crippen LogP contribution in [-0.4, -0.2) is 32.1 Å². The highest BCUT2D eigenvalue weighted by Crippen LogP contribution is 2.34. The van der Waals surface area contributed by atoms with E-state index in [-0.39, 0.29) is 17.2 Å². The van der Waals surface area contributed by atoms with Gasteiger partial charge >= 0.3 is 0 Å². The number of rotatable bonds is 9. The molecule has 9 heteroatoms. The zero-order valence-corrected chi connectivity index (χ0v) is 15.1. The molecule has 2 rings (SSSR count). The van der Waals surface area contributed by atoms with Crippen molar-refractivity contribution in [3.8, 4) is 0 Å². The lowest BCUT2D eigenvalue weighted by atomic mass is 10.1. The van der Waals surface area contributed by atoms with E-state index < -0.39 is 4.92 Å². The summed E-state index contributed by atoms with van der Waals surface area (Å²) in [6, 6.07) is 4.47. The van der Waals surface area contributed by atoms with Gasteiger partial charge in [-0.05, 0) is 30.3 Å². The van der Waals surface area contributed by atoms with Gasteiger partial charge in [-0.2, -0.15) is 0 Å². The lowest BCUT2D eigenvalue weighted by Gasteiger charge is -2.07. The zero-order valence-electron chi connectivity index (χ0n) is 14.3. The van der Waals surface area contributed by atoms with Gasteiger partial charge in [0, 0.05) is 25.2 Å². The Kier molecular flexibility index (Phi) is 6.93. The van der Waals surface area contributed by atoms with E-state index >= 15 is 0 Å². The minimum Gasteiger partial charge on any atom is -0.352 e. The van der Waals surface area contributed by atoms with Gasteiger partial charge in [-0.3, -0.25) is 14.9 Å². The average molecular weight is 363 g/mol. The van der Waals surface area contributed by atoms with Gasteiger partial charge in [-0.25, -0.2) is 0 Å². The van der Waals surface area contributed by atoms with Crippen molar-refractivity contribution in [2.75, 3.05) is 6.54 Å². The average Bonchev–Trinajstić information content (AvgIpc) is 2.99. The van der Waals surface area contributed by atoms with E-state index in [0.717, 1.165) is 37.4 Å². The predicted molar refractivity (Wildman–Crippen MR) is 94.7 cm³/mol. The summed E-state index contributed by atoms with van der Waals surface area (Å²) in [4.78, 5) is 23.5. The number of carbonyl (C=O) groups is 1. The summed E-state index contributed by atoms with van der Waals surface area (Å²) in [6.45, 7) is 2.69. The van der Waals surface area contributed by atoms with E-state index in [4.69, 9.17) is 0 Å². The SMILES string of the molecule is CCCCCCNC(=O)c1ccc(Sc2nncn2C)c([N+](=O)[O-])c1. The maximum Gasteiger partial charge on any atom is 0.284 e. The Morgan fingerprint density at radius 1 is 1.36 bits per heavy atom. The fraction of sp³-hybridized carbons (Fsp3) is 0.438. The summed E-state index contributed by atoms with van der Waals surface area (Å²) >= 11 is 1.14. The standard InChI is InChI=1S/C16H21N5O3S/c1-3-4-5-6-9-17-15(22)12-7-8-14(13(10-12)21(23)24)25-16-19-18-11-20(16)2/h7-8,10-11H,3-6,9H2,1-2H3,(H,17,22). The molecule has 0 aliphatic rings. The Morgan fingerprint density at radius 3 is 2.80 bits per heavy atom. The number of hydrogen-bond donors (Lipinski definition) is 1. The maximum absolute atomic E-state index is 12.2. The van der Waals surface area contributed by atoms with Gasteiger partial charge in [0.25, 0.3) is 11.6 Å². The van der Waals surface area contributed by atoms with Crippen molar-refractivity contribution in [1.82, 2.24) is 20.1 Å². The zero-order chi connectivity index (χ0) is 18.2. The fourth-order valence-corrected chi connectivity index (χ4v) is 3.06. The molecule has 0 fully saturated rings. The van der Waals surface area contributed by atoms with Gasteiger partial charge in [0.05, 0.1) is 9.82 Å². The number of hydrogen-bond acceptors (Lipinski definition) is 6. The third kappa shape index (κ3) is 5.28. The van der Waals surface area contributed by atoms with Gasteiger partial charge in [0.1, 0.15) is 6.33 Å². The molecule has 0 atom stereocenters. The van der Waals surface area contributed by atoms with Crippen LogP contribution in [0.4, 0.5) is 5.69 Å². The van der Waals surface area contributed by atoms with Crippen LogP contribution < -0.4 is 5.32 Å². The lowest BCUT2D eigenvalue weighted by Crippen LogP contribution is -2.24. The highest BCUT2D eigenvalue weighted by Gasteiger charge is 2.19. The first kappa shape index (κ1) is 18.9. The van der Waals surface area contributed by atoms with E-state index in [9.17, 15) is 14.9 Å². The van der Waals surface area contributed by atoms with Crippen molar-refractivity contribution in [3.05, 3.63) is 40.2 Å². The minimum atomic E-state index is -0.489. The second kappa shape index (κ2) is 9.16. The van der Waals surface area contributed by atoms with Crippen LogP contribution >= 0.6 is 11.8 Å². The molecule has 1 aromatic heterocycles. The van der Waals surface area contributed by atoms with Crippen LogP contribution in [0.15, 0.2) is 34.6 Å². The molecule has 134 valence electrons. The number of nitrogens with zero attached hydrogens (tertiary/aromatic N) is 4. The number of benzene rings is 1. The summed E-state index contributed by atoms with van der Waals surface area (Å²) < 4.78 is 1.67. The number of aryl methyl sites for hydroxylation is 1. The van der Waals surface area contributed by atoms with Gasteiger partial charge < -0.3 is 9.88 Å². The minimum absolute atomic E-state index is 0.119. The topological polar surface area (TPSA) is 103 Å². The number of aromatic nitrogens is 3. The van der Waals surface area contributed by atoms with Gasteiger partial charge in [0.2, 0.25) is 0 Å². The number of nitro groups is 1. The predicted octanol–water partition coefficient (Wildman–Crippen LogP) is 3.18. The molecule has 2 aromatic rings. The number of unbranched alkanes of at least 4 members (excludes halogenated alkanes) is 3. The Morgan fingerprint density at radius 2 is 2.16 bits per heavy atom. The van der Waals surface area contributed by atoms with Gasteiger partial charge in [-0.1, -0.05) is 26.2 Å². The van der Waals surface area contributed by atoms with E-state index in [1.807, 2.05) is 0 Å². The van der Waals surface area contributed by atoms with Crippen molar-refractivity contribution in [2.24, 2.45) is 7.05 Å². The van der Waals surface area contributed by atoms with Crippen molar-refractivity contribution in [3.63, 3.8) is 0 Å². The molecule has 8 nitrogen and oxygen atoms in total. The van der Waals surface area contributed by atoms with E-state index in [0.29, 0.717) is 16.6 Å². The lowest BCUT2D eigenvalue weighted by molar-refractivity contribution is -0.387. The molecule has 1 amide bonds. The molecule has 0 aliphatic heterocycles. The summed E-state index contributed by atoms with van der Waals surface area (Å²) in [6.07, 6.45) is 5.75. The second-order valence-corrected chi connectivity index (χ2v) is 6.59. The van der Waals surface area contributed by atoms with E-state index in [2.05, 4.69) is 22.4 Å². The molecule has 25 heavy (non-hydrogen) atoms. The van der Waals surface area contributed by atoms with Gasteiger partial charge in [0.15, 0.2) is 5.16 Å². The number of nitrogens with one attached hydrogen (secondary N) is 1. The molecular weight excluding hydrogens is 342 g/mol. The molecule has 0 radical (unpaired) electrons. The molecule has 0 aliphatic carbocycles. The maximum atomic E-state index is 12.2. The Bertz CT molecular complexity index is 747. The van der Waals surface area contributed by atoms with Crippen molar-refractivity contribution in [1.29, 1.82) is 0 Å². The third-order valence-corrected chi connectivity index (χ3v) is 4.72. The molecule has 0 saturated carbocycles. The van der Waals surface area contributed by atoms with Crippen LogP contribution in [0.1, 0.15) is 43.0 Å². The van der Waals surface area contributed by atoms with Crippen LogP contribution in [0.2, 0.25) is 0 Å². The number of nitro benzene ring substituents is 1. The first-order valence-corrected chi connectivity index (χ1v) is 8.93. The van der Waals surface area contributed by atoms with Crippen molar-refractivity contribution < 1.29 is 9.72 Å². The quantitative estimate of drug-likeness (QED) is 0.417. The number of amides is 1. The van der Waals surface area contributed by atoms with Crippen LogP contribution in [0.25, 0.3) is 0 Å². The molecule has 0 spiro atoms. The summed E-state index contributed by atoms with van der Waals surface area (Å²) in [5, 5.41) is 22.4. The summed E-state index contributed by atoms with van der Waals surface area (Å²) in [5.41, 5.74) is 0.163.